The van der Waals surface area contributed by atoms with Crippen LogP contribution in [0.1, 0.15) is 5.76 Å². The smallest absolute Gasteiger partial charge is 0.246 e. The Kier molecular flexibility index (Phi) is 2.25. The maximum absolute atomic E-state index is 10.4. The summed E-state index contributed by atoms with van der Waals surface area (Å²) in [4.78, 5) is 9.89. The lowest BCUT2D eigenvalue weighted by Gasteiger charge is -1.91. The van der Waals surface area contributed by atoms with Gasteiger partial charge in [-0.25, -0.2) is 0 Å². The Hall–Kier alpha value is -2.10. The molecule has 0 aliphatic carbocycles. The lowest BCUT2D eigenvalue weighted by atomic mass is 10.2. The van der Waals surface area contributed by atoms with E-state index >= 15 is 0 Å². The molecular weight excluding hydrogens is 194 g/mol. The van der Waals surface area contributed by atoms with E-state index < -0.39 is 4.92 Å². The summed E-state index contributed by atoms with van der Waals surface area (Å²) in [5, 5.41) is 11.3. The second-order valence-electron chi connectivity index (χ2n) is 3.25. The summed E-state index contributed by atoms with van der Waals surface area (Å²) in [6.07, 6.45) is 0.141. The van der Waals surface area contributed by atoms with Crippen molar-refractivity contribution in [2.24, 2.45) is 0 Å². The summed E-state index contributed by atoms with van der Waals surface area (Å²) in [7, 11) is 0. The largest absolute Gasteiger partial charge is 0.460 e. The average molecular weight is 203 g/mol. The summed E-state index contributed by atoms with van der Waals surface area (Å²) in [6.45, 7) is 3.36. The quantitative estimate of drug-likeness (QED) is 0.569. The number of nitro groups is 1. The van der Waals surface area contributed by atoms with Crippen LogP contribution in [0.3, 0.4) is 0 Å². The van der Waals surface area contributed by atoms with Crippen LogP contribution < -0.4 is 0 Å². The number of hydrogen-bond acceptors (Lipinski definition) is 3. The van der Waals surface area contributed by atoms with Crippen LogP contribution >= 0.6 is 0 Å². The Labute approximate surface area is 86.0 Å². The standard InChI is InChI=1S/C11H9NO3/c1-8(12(13)14)6-10-7-9-4-2-3-5-11(9)15-10/h2-5,7H,1,6H2. The summed E-state index contributed by atoms with van der Waals surface area (Å²) < 4.78 is 5.42. The second-order valence-corrected chi connectivity index (χ2v) is 3.25. The predicted molar refractivity (Wildman–Crippen MR) is 56.1 cm³/mol. The number of hydrogen-bond donors (Lipinski definition) is 0. The van der Waals surface area contributed by atoms with Crippen LogP contribution in [-0.2, 0) is 6.42 Å². The normalized spacial score (nSPS) is 10.4. The lowest BCUT2D eigenvalue weighted by Crippen LogP contribution is -1.99. The molecule has 4 nitrogen and oxygen atoms in total. The van der Waals surface area contributed by atoms with Crippen molar-refractivity contribution in [3.63, 3.8) is 0 Å². The Morgan fingerprint density at radius 3 is 2.87 bits per heavy atom. The molecule has 0 N–H and O–H groups in total. The van der Waals surface area contributed by atoms with E-state index in [2.05, 4.69) is 6.58 Å². The molecule has 0 aliphatic heterocycles. The third-order valence-electron chi connectivity index (χ3n) is 2.11. The molecule has 0 unspecified atom stereocenters. The molecule has 1 aromatic heterocycles. The van der Waals surface area contributed by atoms with E-state index in [1.807, 2.05) is 24.3 Å². The maximum atomic E-state index is 10.4. The highest BCUT2D eigenvalue weighted by atomic mass is 16.6. The van der Waals surface area contributed by atoms with Crippen molar-refractivity contribution >= 4 is 11.0 Å². The van der Waals surface area contributed by atoms with Gasteiger partial charge in [-0.05, 0) is 18.7 Å². The minimum Gasteiger partial charge on any atom is -0.460 e. The summed E-state index contributed by atoms with van der Waals surface area (Å²) >= 11 is 0. The predicted octanol–water partition coefficient (Wildman–Crippen LogP) is 2.77. The monoisotopic (exact) mass is 203 g/mol. The van der Waals surface area contributed by atoms with E-state index in [-0.39, 0.29) is 12.1 Å². The fourth-order valence-corrected chi connectivity index (χ4v) is 1.39. The van der Waals surface area contributed by atoms with Crippen molar-refractivity contribution < 1.29 is 9.34 Å². The van der Waals surface area contributed by atoms with Gasteiger partial charge in [0.15, 0.2) is 0 Å². The number of furan rings is 1. The van der Waals surface area contributed by atoms with Gasteiger partial charge in [-0.3, -0.25) is 10.1 Å². The molecule has 76 valence electrons. The first kappa shape index (κ1) is 9.45. The Morgan fingerprint density at radius 1 is 1.47 bits per heavy atom. The molecule has 0 saturated heterocycles. The topological polar surface area (TPSA) is 56.3 Å². The zero-order valence-corrected chi connectivity index (χ0v) is 7.97. The summed E-state index contributed by atoms with van der Waals surface area (Å²) in [5.74, 6) is 0.568. The van der Waals surface area contributed by atoms with Crippen molar-refractivity contribution in [2.75, 3.05) is 0 Å². The maximum Gasteiger partial charge on any atom is 0.246 e. The number of fused-ring (bicyclic) bond motifs is 1. The fraction of sp³-hybridized carbons (Fsp3) is 0.0909. The minimum atomic E-state index is -0.493. The number of para-hydroxylation sites is 1. The van der Waals surface area contributed by atoms with Crippen molar-refractivity contribution in [3.8, 4) is 0 Å². The second kappa shape index (κ2) is 3.57. The van der Waals surface area contributed by atoms with Gasteiger partial charge in [0, 0.05) is 5.39 Å². The van der Waals surface area contributed by atoms with Gasteiger partial charge in [-0.2, -0.15) is 0 Å². The number of rotatable bonds is 3. The molecule has 1 aromatic carbocycles. The molecule has 0 atom stereocenters. The molecule has 0 aliphatic rings. The molecular formula is C11H9NO3. The van der Waals surface area contributed by atoms with E-state index in [0.717, 1.165) is 11.0 Å². The number of benzene rings is 1. The molecule has 0 fully saturated rings. The van der Waals surface area contributed by atoms with Crippen molar-refractivity contribution in [3.05, 3.63) is 58.5 Å². The van der Waals surface area contributed by atoms with E-state index in [1.54, 1.807) is 6.07 Å². The van der Waals surface area contributed by atoms with Crippen molar-refractivity contribution in [2.45, 2.75) is 6.42 Å². The van der Waals surface area contributed by atoms with Gasteiger partial charge in [0.1, 0.15) is 11.3 Å². The molecule has 2 aromatic rings. The molecule has 0 radical (unpaired) electrons. The molecule has 0 spiro atoms. The van der Waals surface area contributed by atoms with Crippen molar-refractivity contribution in [1.29, 1.82) is 0 Å². The first-order valence-corrected chi connectivity index (χ1v) is 4.46. The van der Waals surface area contributed by atoms with Crippen LogP contribution in [0.4, 0.5) is 0 Å². The molecule has 0 amide bonds. The van der Waals surface area contributed by atoms with Gasteiger partial charge in [0.2, 0.25) is 5.70 Å². The molecule has 0 bridgehead atoms. The van der Waals surface area contributed by atoms with Crippen LogP contribution in [0.2, 0.25) is 0 Å². The zero-order chi connectivity index (χ0) is 10.8. The highest BCUT2D eigenvalue weighted by Gasteiger charge is 2.11. The molecule has 15 heavy (non-hydrogen) atoms. The highest BCUT2D eigenvalue weighted by Crippen LogP contribution is 2.20. The van der Waals surface area contributed by atoms with Crippen molar-refractivity contribution in [1.82, 2.24) is 0 Å². The first-order valence-electron chi connectivity index (χ1n) is 4.46. The average Bonchev–Trinajstić information content (AvgIpc) is 2.59. The van der Waals surface area contributed by atoms with Crippen LogP contribution in [0.25, 0.3) is 11.0 Å². The van der Waals surface area contributed by atoms with E-state index in [0.29, 0.717) is 5.76 Å². The van der Waals surface area contributed by atoms with E-state index in [1.165, 1.54) is 0 Å². The molecule has 4 heteroatoms. The number of nitrogens with zero attached hydrogens (tertiary/aromatic N) is 1. The molecule has 2 rings (SSSR count). The Bertz CT molecular complexity index is 494. The minimum absolute atomic E-state index is 0.0611. The Balaban J connectivity index is 2.30. The van der Waals surface area contributed by atoms with Gasteiger partial charge in [-0.1, -0.05) is 18.2 Å². The van der Waals surface area contributed by atoms with Crippen LogP contribution in [0.15, 0.2) is 47.0 Å². The highest BCUT2D eigenvalue weighted by molar-refractivity contribution is 5.77. The van der Waals surface area contributed by atoms with E-state index in [9.17, 15) is 10.1 Å². The molecule has 1 heterocycles. The van der Waals surface area contributed by atoms with Gasteiger partial charge in [0.25, 0.3) is 0 Å². The van der Waals surface area contributed by atoms with E-state index in [4.69, 9.17) is 4.42 Å². The summed E-state index contributed by atoms with van der Waals surface area (Å²) in [6, 6.07) is 9.27. The lowest BCUT2D eigenvalue weighted by molar-refractivity contribution is -0.426. The third-order valence-corrected chi connectivity index (χ3v) is 2.11. The van der Waals surface area contributed by atoms with Crippen LogP contribution in [0.5, 0.6) is 0 Å². The fourth-order valence-electron chi connectivity index (χ4n) is 1.39. The Morgan fingerprint density at radius 2 is 2.20 bits per heavy atom. The zero-order valence-electron chi connectivity index (χ0n) is 7.97. The van der Waals surface area contributed by atoms with Gasteiger partial charge in [0.05, 0.1) is 11.3 Å². The van der Waals surface area contributed by atoms with Gasteiger partial charge in [-0.15, -0.1) is 0 Å². The SMILES string of the molecule is C=C(Cc1cc2ccccc2o1)[N+](=O)[O-]. The van der Waals surface area contributed by atoms with Gasteiger partial charge >= 0.3 is 0 Å². The van der Waals surface area contributed by atoms with Gasteiger partial charge < -0.3 is 4.42 Å². The third kappa shape index (κ3) is 1.88. The molecule has 0 saturated carbocycles. The number of allylic oxidation sites excluding steroid dienone is 1. The summed E-state index contributed by atoms with van der Waals surface area (Å²) in [5.41, 5.74) is 0.678. The first-order chi connectivity index (χ1) is 7.16. The van der Waals surface area contributed by atoms with Crippen LogP contribution in [0, 0.1) is 10.1 Å². The van der Waals surface area contributed by atoms with Crippen LogP contribution in [-0.4, -0.2) is 4.92 Å².